The van der Waals surface area contributed by atoms with Crippen LogP contribution in [0.1, 0.15) is 12.8 Å². The Bertz CT molecular complexity index is 560. The summed E-state index contributed by atoms with van der Waals surface area (Å²) in [4.78, 5) is 27.9. The number of ether oxygens (including phenoxy) is 1. The highest BCUT2D eigenvalue weighted by Gasteiger charge is 2.20. The molecule has 2 fully saturated rings. The number of nitrogens with zero attached hydrogens (tertiary/aromatic N) is 4. The quantitative estimate of drug-likeness (QED) is 0.765. The molecule has 1 aromatic rings. The van der Waals surface area contributed by atoms with Crippen LogP contribution in [0.2, 0.25) is 0 Å². The molecule has 3 rings (SSSR count). The van der Waals surface area contributed by atoms with Gasteiger partial charge in [-0.3, -0.25) is 9.59 Å². The molecule has 7 nitrogen and oxygen atoms in total. The van der Waals surface area contributed by atoms with Crippen molar-refractivity contribution in [3.63, 3.8) is 0 Å². The van der Waals surface area contributed by atoms with Crippen molar-refractivity contribution in [2.75, 3.05) is 44.3 Å². The van der Waals surface area contributed by atoms with Gasteiger partial charge in [-0.15, -0.1) is 0 Å². The van der Waals surface area contributed by atoms with Crippen LogP contribution in [-0.2, 0) is 16.1 Å². The van der Waals surface area contributed by atoms with Crippen LogP contribution in [-0.4, -0.2) is 60.0 Å². The van der Waals surface area contributed by atoms with Gasteiger partial charge in [0.05, 0.1) is 13.2 Å². The Morgan fingerprint density at radius 3 is 2.57 bits per heavy atom. The molecule has 0 aliphatic carbocycles. The summed E-state index contributed by atoms with van der Waals surface area (Å²) in [6.45, 7) is 4.43. The molecule has 0 radical (unpaired) electrons. The third-order valence-corrected chi connectivity index (χ3v) is 3.93. The second-order valence-electron chi connectivity index (χ2n) is 5.37. The summed E-state index contributed by atoms with van der Waals surface area (Å²) >= 11 is 0. The van der Waals surface area contributed by atoms with Crippen molar-refractivity contribution >= 4 is 11.7 Å². The molecule has 0 saturated carbocycles. The predicted molar refractivity (Wildman–Crippen MR) is 77.3 cm³/mol. The predicted octanol–water partition coefficient (Wildman–Crippen LogP) is -0.298. The van der Waals surface area contributed by atoms with Crippen molar-refractivity contribution in [1.82, 2.24) is 14.7 Å². The number of hydrogen-bond donors (Lipinski definition) is 0. The highest BCUT2D eigenvalue weighted by molar-refractivity contribution is 5.76. The lowest BCUT2D eigenvalue weighted by Gasteiger charge is -2.27. The fourth-order valence-electron chi connectivity index (χ4n) is 2.71. The van der Waals surface area contributed by atoms with Crippen LogP contribution in [0.4, 0.5) is 5.82 Å². The van der Waals surface area contributed by atoms with Crippen molar-refractivity contribution in [2.45, 2.75) is 19.4 Å². The lowest BCUT2D eigenvalue weighted by molar-refractivity contribution is -0.131. The smallest absolute Gasteiger partial charge is 0.267 e. The lowest BCUT2D eigenvalue weighted by Crippen LogP contribution is -2.39. The number of likely N-dealkylation sites (tertiary alicyclic amines) is 1. The molecular formula is C14H20N4O3. The van der Waals surface area contributed by atoms with E-state index in [-0.39, 0.29) is 18.0 Å². The number of morpholine rings is 1. The van der Waals surface area contributed by atoms with Crippen LogP contribution in [0.3, 0.4) is 0 Å². The fourth-order valence-corrected chi connectivity index (χ4v) is 2.71. The summed E-state index contributed by atoms with van der Waals surface area (Å²) in [6, 6.07) is 3.19. The maximum absolute atomic E-state index is 12.1. The summed E-state index contributed by atoms with van der Waals surface area (Å²) < 4.78 is 6.58. The molecule has 1 aromatic heterocycles. The normalized spacial score (nSPS) is 19.0. The molecule has 0 aromatic carbocycles. The van der Waals surface area contributed by atoms with Crippen LogP contribution in [0.15, 0.2) is 16.9 Å². The van der Waals surface area contributed by atoms with Gasteiger partial charge < -0.3 is 14.5 Å². The van der Waals surface area contributed by atoms with Gasteiger partial charge in [0, 0.05) is 32.2 Å². The summed E-state index contributed by atoms with van der Waals surface area (Å²) in [5.74, 6) is 0.702. The highest BCUT2D eigenvalue weighted by Crippen LogP contribution is 2.11. The van der Waals surface area contributed by atoms with E-state index < -0.39 is 0 Å². The zero-order valence-corrected chi connectivity index (χ0v) is 12.0. The first-order valence-electron chi connectivity index (χ1n) is 7.43. The molecular weight excluding hydrogens is 272 g/mol. The minimum atomic E-state index is -0.237. The maximum atomic E-state index is 12.1. The standard InChI is InChI=1S/C14H20N4O3/c19-13-4-3-12(16-7-9-21-10-8-16)15-18(13)11-14(20)17-5-1-2-6-17/h3-4H,1-2,5-11H2. The second kappa shape index (κ2) is 6.26. The number of amides is 1. The van der Waals surface area contributed by atoms with Crippen molar-refractivity contribution in [2.24, 2.45) is 0 Å². The van der Waals surface area contributed by atoms with Gasteiger partial charge in [0.25, 0.3) is 5.56 Å². The van der Waals surface area contributed by atoms with E-state index in [9.17, 15) is 9.59 Å². The van der Waals surface area contributed by atoms with E-state index in [1.54, 1.807) is 11.0 Å². The van der Waals surface area contributed by atoms with E-state index in [0.29, 0.717) is 13.2 Å². The van der Waals surface area contributed by atoms with Gasteiger partial charge in [0.15, 0.2) is 0 Å². The Morgan fingerprint density at radius 2 is 1.86 bits per heavy atom. The van der Waals surface area contributed by atoms with Crippen LogP contribution in [0, 0.1) is 0 Å². The summed E-state index contributed by atoms with van der Waals surface area (Å²) in [6.07, 6.45) is 2.09. The van der Waals surface area contributed by atoms with Crippen LogP contribution >= 0.6 is 0 Å². The lowest BCUT2D eigenvalue weighted by atomic mass is 10.4. The summed E-state index contributed by atoms with van der Waals surface area (Å²) in [5.41, 5.74) is -0.237. The zero-order chi connectivity index (χ0) is 14.7. The van der Waals surface area contributed by atoms with Crippen molar-refractivity contribution in [3.05, 3.63) is 22.5 Å². The van der Waals surface area contributed by atoms with Gasteiger partial charge in [-0.1, -0.05) is 0 Å². The Morgan fingerprint density at radius 1 is 1.14 bits per heavy atom. The van der Waals surface area contributed by atoms with Crippen LogP contribution < -0.4 is 10.5 Å². The van der Waals surface area contributed by atoms with Gasteiger partial charge in [-0.2, -0.15) is 5.10 Å². The van der Waals surface area contributed by atoms with E-state index in [0.717, 1.165) is 44.8 Å². The van der Waals surface area contributed by atoms with Gasteiger partial charge in [-0.25, -0.2) is 4.68 Å². The molecule has 2 saturated heterocycles. The number of carbonyl (C=O) groups is 1. The van der Waals surface area contributed by atoms with Gasteiger partial charge in [0.1, 0.15) is 12.4 Å². The number of anilines is 1. The third-order valence-electron chi connectivity index (χ3n) is 3.93. The monoisotopic (exact) mass is 292 g/mol. The number of hydrogen-bond acceptors (Lipinski definition) is 5. The van der Waals surface area contributed by atoms with Crippen molar-refractivity contribution in [1.29, 1.82) is 0 Å². The van der Waals surface area contributed by atoms with Crippen LogP contribution in [0.25, 0.3) is 0 Å². The van der Waals surface area contributed by atoms with E-state index in [1.807, 2.05) is 0 Å². The fraction of sp³-hybridized carbons (Fsp3) is 0.643. The summed E-state index contributed by atoms with van der Waals surface area (Å²) in [7, 11) is 0. The molecule has 21 heavy (non-hydrogen) atoms. The molecule has 0 atom stereocenters. The van der Waals surface area contributed by atoms with Crippen molar-refractivity contribution < 1.29 is 9.53 Å². The number of carbonyl (C=O) groups excluding carboxylic acids is 1. The topological polar surface area (TPSA) is 67.7 Å². The molecule has 0 N–H and O–H groups in total. The molecule has 0 spiro atoms. The largest absolute Gasteiger partial charge is 0.378 e. The Kier molecular flexibility index (Phi) is 4.19. The Labute approximate surface area is 123 Å². The SMILES string of the molecule is O=C(Cn1nc(N2CCOCC2)ccc1=O)N1CCCC1. The zero-order valence-electron chi connectivity index (χ0n) is 12.0. The first kappa shape index (κ1) is 14.1. The average Bonchev–Trinajstić information content (AvgIpc) is 3.05. The number of rotatable bonds is 3. The molecule has 0 unspecified atom stereocenters. The van der Waals surface area contributed by atoms with Crippen molar-refractivity contribution in [3.8, 4) is 0 Å². The molecule has 2 aliphatic rings. The van der Waals surface area contributed by atoms with E-state index in [4.69, 9.17) is 4.74 Å². The van der Waals surface area contributed by atoms with E-state index in [2.05, 4.69) is 10.00 Å². The molecule has 1 amide bonds. The minimum absolute atomic E-state index is 0.0248. The Balaban J connectivity index is 1.74. The van der Waals surface area contributed by atoms with E-state index in [1.165, 1.54) is 10.7 Å². The second-order valence-corrected chi connectivity index (χ2v) is 5.37. The first-order chi connectivity index (χ1) is 10.2. The Hall–Kier alpha value is -1.89. The van der Waals surface area contributed by atoms with Gasteiger partial charge >= 0.3 is 0 Å². The molecule has 0 bridgehead atoms. The molecule has 2 aliphatic heterocycles. The molecule has 114 valence electrons. The molecule has 7 heteroatoms. The highest BCUT2D eigenvalue weighted by atomic mass is 16.5. The average molecular weight is 292 g/mol. The minimum Gasteiger partial charge on any atom is -0.378 e. The maximum Gasteiger partial charge on any atom is 0.267 e. The van der Waals surface area contributed by atoms with Gasteiger partial charge in [0.2, 0.25) is 5.91 Å². The summed E-state index contributed by atoms with van der Waals surface area (Å²) in [5, 5.41) is 4.33. The molecule has 3 heterocycles. The number of aromatic nitrogens is 2. The first-order valence-corrected chi connectivity index (χ1v) is 7.43. The van der Waals surface area contributed by atoms with Gasteiger partial charge in [-0.05, 0) is 18.9 Å². The third kappa shape index (κ3) is 3.24. The van der Waals surface area contributed by atoms with Crippen LogP contribution in [0.5, 0.6) is 0 Å². The van der Waals surface area contributed by atoms with E-state index >= 15 is 0 Å².